The van der Waals surface area contributed by atoms with Crippen LogP contribution in [0.4, 0.5) is 0 Å². The molecule has 0 aliphatic carbocycles. The highest BCUT2D eigenvalue weighted by atomic mass is 79.9. The van der Waals surface area contributed by atoms with E-state index in [1.165, 1.54) is 4.68 Å². The minimum Gasteiger partial charge on any atom is -0.454 e. The summed E-state index contributed by atoms with van der Waals surface area (Å²) in [6, 6.07) is 19.8. The minimum atomic E-state index is -0.179. The number of benzene rings is 3. The monoisotopic (exact) mass is 556 g/mol. The number of nitrogens with zero attached hydrogens (tertiary/aromatic N) is 4. The number of halogens is 1. The van der Waals surface area contributed by atoms with Crippen molar-refractivity contribution >= 4 is 44.0 Å². The minimum absolute atomic E-state index is 0.0743. The van der Waals surface area contributed by atoms with Crippen molar-refractivity contribution in [1.29, 1.82) is 0 Å². The Hall–Kier alpha value is -3.91. The second kappa shape index (κ2) is 9.52. The summed E-state index contributed by atoms with van der Waals surface area (Å²) in [4.78, 5) is 18.3. The third-order valence-corrected chi connectivity index (χ3v) is 7.30. The summed E-state index contributed by atoms with van der Waals surface area (Å²) in [6.07, 6.45) is 4.67. The Morgan fingerprint density at radius 1 is 1.08 bits per heavy atom. The first-order valence-corrected chi connectivity index (χ1v) is 13.0. The van der Waals surface area contributed by atoms with E-state index in [2.05, 4.69) is 52.7 Å². The van der Waals surface area contributed by atoms with E-state index in [0.29, 0.717) is 23.3 Å². The molecule has 7 nitrogen and oxygen atoms in total. The zero-order valence-electron chi connectivity index (χ0n) is 20.5. The molecule has 8 heteroatoms. The maximum Gasteiger partial charge on any atom is 0.282 e. The molecule has 0 unspecified atom stereocenters. The molecule has 1 aliphatic rings. The van der Waals surface area contributed by atoms with Gasteiger partial charge in [0.05, 0.1) is 17.1 Å². The second-order valence-electron chi connectivity index (χ2n) is 9.22. The first-order valence-electron chi connectivity index (χ1n) is 12.2. The van der Waals surface area contributed by atoms with Crippen LogP contribution in [-0.2, 0) is 6.54 Å². The molecule has 5 aromatic rings. The molecule has 3 heterocycles. The first-order chi connectivity index (χ1) is 18.0. The molecule has 0 bridgehead atoms. The maximum atomic E-state index is 13.5. The van der Waals surface area contributed by atoms with E-state index in [4.69, 9.17) is 19.6 Å². The number of para-hydroxylation sites is 1. The summed E-state index contributed by atoms with van der Waals surface area (Å²) in [5.41, 5.74) is 3.61. The molecule has 0 saturated heterocycles. The number of hydrogen-bond acceptors (Lipinski definition) is 5. The zero-order valence-corrected chi connectivity index (χ0v) is 22.1. The summed E-state index contributed by atoms with van der Waals surface area (Å²) < 4.78 is 15.5. The Morgan fingerprint density at radius 2 is 1.92 bits per heavy atom. The summed E-state index contributed by atoms with van der Waals surface area (Å²) in [5.74, 6) is 2.27. The molecular formula is C29H25BrN4O3. The number of fused-ring (bicyclic) bond motifs is 3. The maximum absolute atomic E-state index is 13.5. The predicted octanol–water partition coefficient (Wildman–Crippen LogP) is 6.29. The molecule has 6 rings (SSSR count). The lowest BCUT2D eigenvalue weighted by Crippen LogP contribution is -2.23. The highest BCUT2D eigenvalue weighted by Gasteiger charge is 2.17. The lowest BCUT2D eigenvalue weighted by atomic mass is 10.1. The number of hydrogen-bond donors (Lipinski definition) is 0. The molecule has 186 valence electrons. The lowest BCUT2D eigenvalue weighted by Gasteiger charge is -2.13. The fourth-order valence-electron chi connectivity index (χ4n) is 4.64. The molecule has 0 fully saturated rings. The van der Waals surface area contributed by atoms with Gasteiger partial charge in [-0.2, -0.15) is 9.78 Å². The smallest absolute Gasteiger partial charge is 0.282 e. The van der Waals surface area contributed by atoms with Crippen LogP contribution in [0.2, 0.25) is 0 Å². The zero-order chi connectivity index (χ0) is 25.5. The molecule has 1 atom stereocenters. The Bertz CT molecular complexity index is 1740. The van der Waals surface area contributed by atoms with Crippen LogP contribution >= 0.6 is 15.9 Å². The SMILES string of the molecule is CC[C@@H](C)c1nc2ccc(Br)cc2c(=O)n1N=Cc1cn(Cc2ccc3c(c2)OCO3)c2ccccc12. The largest absolute Gasteiger partial charge is 0.454 e. The first kappa shape index (κ1) is 23.5. The third kappa shape index (κ3) is 4.31. The van der Waals surface area contributed by atoms with Crippen LogP contribution in [0.25, 0.3) is 21.8 Å². The van der Waals surface area contributed by atoms with Gasteiger partial charge in [0, 0.05) is 39.6 Å². The fourth-order valence-corrected chi connectivity index (χ4v) is 5.00. The average Bonchev–Trinajstić information content (AvgIpc) is 3.52. The van der Waals surface area contributed by atoms with Gasteiger partial charge in [0.15, 0.2) is 11.5 Å². The lowest BCUT2D eigenvalue weighted by molar-refractivity contribution is 0.174. The quantitative estimate of drug-likeness (QED) is 0.230. The molecule has 0 N–H and O–H groups in total. The van der Waals surface area contributed by atoms with Crippen molar-refractivity contribution in [3.63, 3.8) is 0 Å². The number of rotatable bonds is 6. The molecule has 0 spiro atoms. The second-order valence-corrected chi connectivity index (χ2v) is 10.1. The summed E-state index contributed by atoms with van der Waals surface area (Å²) in [5, 5.41) is 6.28. The number of ether oxygens (including phenoxy) is 2. The van der Waals surface area contributed by atoms with Crippen molar-refractivity contribution in [3.05, 3.63) is 98.6 Å². The van der Waals surface area contributed by atoms with Crippen LogP contribution in [0.5, 0.6) is 11.5 Å². The van der Waals surface area contributed by atoms with Crippen LogP contribution in [0.1, 0.15) is 43.1 Å². The fraction of sp³-hybridized carbons (Fsp3) is 0.207. The summed E-state index contributed by atoms with van der Waals surface area (Å²) in [6.45, 7) is 5.06. The van der Waals surface area contributed by atoms with Gasteiger partial charge in [-0.3, -0.25) is 4.79 Å². The standard InChI is InChI=1S/C29H25BrN4O3/c1-3-18(2)28-32-24-10-9-21(30)13-23(24)29(35)34(28)31-14-20-16-33(25-7-5-4-6-22(20)25)15-19-8-11-26-27(12-19)37-17-36-26/h4-14,16,18H,3,15,17H2,1-2H3/t18-/m1/s1. The van der Waals surface area contributed by atoms with Crippen LogP contribution in [0.15, 0.2) is 81.2 Å². The normalized spacial score (nSPS) is 13.7. The van der Waals surface area contributed by atoms with Gasteiger partial charge >= 0.3 is 0 Å². The topological polar surface area (TPSA) is 70.6 Å². The van der Waals surface area contributed by atoms with E-state index < -0.39 is 0 Å². The van der Waals surface area contributed by atoms with Gasteiger partial charge in [-0.15, -0.1) is 0 Å². The van der Waals surface area contributed by atoms with Crippen molar-refractivity contribution in [2.45, 2.75) is 32.7 Å². The molecular weight excluding hydrogens is 532 g/mol. The molecule has 0 saturated carbocycles. The molecule has 3 aromatic carbocycles. The van der Waals surface area contributed by atoms with Gasteiger partial charge in [-0.25, -0.2) is 4.98 Å². The van der Waals surface area contributed by atoms with Gasteiger partial charge in [0.25, 0.3) is 5.56 Å². The molecule has 37 heavy (non-hydrogen) atoms. The van der Waals surface area contributed by atoms with E-state index in [-0.39, 0.29) is 18.3 Å². The molecule has 1 aliphatic heterocycles. The average molecular weight is 557 g/mol. The van der Waals surface area contributed by atoms with Crippen molar-refractivity contribution in [2.75, 3.05) is 6.79 Å². The molecule has 2 aromatic heterocycles. The Balaban J connectivity index is 1.43. The van der Waals surface area contributed by atoms with Crippen LogP contribution in [-0.4, -0.2) is 27.2 Å². The summed E-state index contributed by atoms with van der Waals surface area (Å²) >= 11 is 3.47. The van der Waals surface area contributed by atoms with Crippen molar-refractivity contribution in [3.8, 4) is 11.5 Å². The van der Waals surface area contributed by atoms with E-state index in [1.54, 1.807) is 12.3 Å². The predicted molar refractivity (Wildman–Crippen MR) is 149 cm³/mol. The van der Waals surface area contributed by atoms with Crippen molar-refractivity contribution in [2.24, 2.45) is 5.10 Å². The van der Waals surface area contributed by atoms with Crippen molar-refractivity contribution in [1.82, 2.24) is 14.2 Å². The third-order valence-electron chi connectivity index (χ3n) is 6.81. The highest BCUT2D eigenvalue weighted by molar-refractivity contribution is 9.10. The highest BCUT2D eigenvalue weighted by Crippen LogP contribution is 2.33. The van der Waals surface area contributed by atoms with Gasteiger partial charge in [-0.05, 0) is 48.4 Å². The van der Waals surface area contributed by atoms with E-state index in [0.717, 1.165) is 44.4 Å². The van der Waals surface area contributed by atoms with Crippen LogP contribution < -0.4 is 15.0 Å². The van der Waals surface area contributed by atoms with E-state index in [1.807, 2.05) is 42.5 Å². The Morgan fingerprint density at radius 3 is 2.78 bits per heavy atom. The van der Waals surface area contributed by atoms with Crippen molar-refractivity contribution < 1.29 is 9.47 Å². The van der Waals surface area contributed by atoms with Crippen LogP contribution in [0, 0.1) is 0 Å². The number of aromatic nitrogens is 3. The van der Waals surface area contributed by atoms with E-state index in [9.17, 15) is 4.79 Å². The van der Waals surface area contributed by atoms with Gasteiger partial charge in [0.2, 0.25) is 6.79 Å². The van der Waals surface area contributed by atoms with Gasteiger partial charge in [-0.1, -0.05) is 54.0 Å². The van der Waals surface area contributed by atoms with Gasteiger partial charge < -0.3 is 14.0 Å². The Kier molecular flexibility index (Phi) is 6.04. The Labute approximate surface area is 222 Å². The van der Waals surface area contributed by atoms with E-state index >= 15 is 0 Å². The van der Waals surface area contributed by atoms with Crippen LogP contribution in [0.3, 0.4) is 0 Å². The molecule has 0 radical (unpaired) electrons. The summed E-state index contributed by atoms with van der Waals surface area (Å²) in [7, 11) is 0. The van der Waals surface area contributed by atoms with Gasteiger partial charge in [0.1, 0.15) is 5.82 Å². The molecule has 0 amide bonds.